The molecular weight excluding hydrogens is 613 g/mol. The Morgan fingerprint density at radius 2 is 1.84 bits per heavy atom. The van der Waals surface area contributed by atoms with Gasteiger partial charge in [-0.05, 0) is 107 Å². The van der Waals surface area contributed by atoms with Crippen molar-refractivity contribution in [1.29, 1.82) is 0 Å². The third-order valence-electron chi connectivity index (χ3n) is 9.52. The Morgan fingerprint density at radius 3 is 2.48 bits per heavy atom. The van der Waals surface area contributed by atoms with Crippen molar-refractivity contribution in [2.75, 3.05) is 25.2 Å². The van der Waals surface area contributed by atoms with Gasteiger partial charge in [0.1, 0.15) is 6.10 Å². The van der Waals surface area contributed by atoms with Crippen LogP contribution in [0, 0.1) is 23.2 Å². The van der Waals surface area contributed by atoms with Crippen LogP contribution < -0.4 is 0 Å². The summed E-state index contributed by atoms with van der Waals surface area (Å²) in [7, 11) is -0.409. The number of carbonyl (C=O) groups is 2. The Kier molecular flexibility index (Phi) is 13.0. The molecule has 250 valence electrons. The van der Waals surface area contributed by atoms with Gasteiger partial charge in [-0.1, -0.05) is 31.1 Å². The third-order valence-corrected chi connectivity index (χ3v) is 13.4. The molecule has 0 aromatic carbocycles. The van der Waals surface area contributed by atoms with Gasteiger partial charge in [0.2, 0.25) is 0 Å². The number of thioether (sulfide) groups is 2. The van der Waals surface area contributed by atoms with Gasteiger partial charge in [0.25, 0.3) is 0 Å². The maximum absolute atomic E-state index is 12.5. The summed E-state index contributed by atoms with van der Waals surface area (Å²) in [6.07, 6.45) is 15.9. The summed E-state index contributed by atoms with van der Waals surface area (Å²) in [5, 5.41) is 0. The molecule has 7 nitrogen and oxygen atoms in total. The average molecular weight is 669 g/mol. The highest BCUT2D eigenvalue weighted by Gasteiger charge is 2.70. The maximum Gasteiger partial charge on any atom is 0.302 e. The first kappa shape index (κ1) is 36.1. The van der Waals surface area contributed by atoms with Gasteiger partial charge in [0.15, 0.2) is 20.4 Å². The second kappa shape index (κ2) is 15.9. The maximum atomic E-state index is 12.5. The van der Waals surface area contributed by atoms with E-state index < -0.39 is 25.8 Å². The van der Waals surface area contributed by atoms with Crippen LogP contribution in [0.25, 0.3) is 0 Å². The molecule has 0 aromatic rings. The van der Waals surface area contributed by atoms with Crippen LogP contribution in [0.2, 0.25) is 19.6 Å². The molecule has 0 aromatic heterocycles. The summed E-state index contributed by atoms with van der Waals surface area (Å²) >= 11 is 4.07. The molecule has 0 spiro atoms. The molecule has 4 bridgehead atoms. The molecule has 2 aliphatic carbocycles. The molecule has 0 N–H and O–H groups in total. The number of hydrogen-bond acceptors (Lipinski definition) is 9. The Labute approximate surface area is 275 Å². The van der Waals surface area contributed by atoms with Crippen LogP contribution in [-0.2, 0) is 33.0 Å². The van der Waals surface area contributed by atoms with E-state index in [0.29, 0.717) is 30.5 Å². The highest BCUT2D eigenvalue weighted by molar-refractivity contribution is 8.17. The largest absolute Gasteiger partial charge is 0.466 e. The van der Waals surface area contributed by atoms with E-state index in [1.165, 1.54) is 38.7 Å². The fourth-order valence-electron chi connectivity index (χ4n) is 8.09. The fourth-order valence-corrected chi connectivity index (χ4v) is 12.4. The molecule has 3 fully saturated rings. The summed E-state index contributed by atoms with van der Waals surface area (Å²) in [6, 6.07) is 0. The molecular formula is C34H56O7S2Si. The molecule has 0 radical (unpaired) electrons. The van der Waals surface area contributed by atoms with E-state index >= 15 is 0 Å². The van der Waals surface area contributed by atoms with Crippen molar-refractivity contribution in [3.63, 3.8) is 0 Å². The SMILES string of the molecule is C/C=C/CCCCC[C@H]1C=C2[C@]3(CC4SCCCS4)C[C@H](OC(C)=O)C[C@@H]([C@@H]1CCOC(C)=O)[C@]2(O[Si](C)(C)C)O[C@H]3OC. The average Bonchev–Trinajstić information content (AvgIpc) is 3.16. The molecule has 7 atom stereocenters. The quantitative estimate of drug-likeness (QED) is 0.0744. The highest BCUT2D eigenvalue weighted by atomic mass is 32.2. The van der Waals surface area contributed by atoms with Gasteiger partial charge < -0.3 is 23.4 Å². The minimum Gasteiger partial charge on any atom is -0.466 e. The topological polar surface area (TPSA) is 80.3 Å². The third kappa shape index (κ3) is 8.57. The zero-order valence-electron chi connectivity index (χ0n) is 28.1. The lowest BCUT2D eigenvalue weighted by Crippen LogP contribution is -2.55. The van der Waals surface area contributed by atoms with Crippen LogP contribution >= 0.6 is 23.5 Å². The lowest BCUT2D eigenvalue weighted by molar-refractivity contribution is -0.280. The molecule has 44 heavy (non-hydrogen) atoms. The predicted molar refractivity (Wildman–Crippen MR) is 182 cm³/mol. The standard InChI is InChI=1S/C34H56O7S2Si/c1-8-9-10-11-12-13-15-26-20-30-33(23-31-42-18-14-19-43-31)22-27(39-25(3)36)21-29(28(26)16-17-38-24(2)35)34(30,40-32(33)37-4)41-44(5,6)7/h8-9,20,26-29,31-32H,10-19,21-23H2,1-7H3/b9-8+/t26-,27+,28+,29-,32+,33+,34+/m0/s1. The van der Waals surface area contributed by atoms with E-state index in [-0.39, 0.29) is 35.8 Å². The summed E-state index contributed by atoms with van der Waals surface area (Å²) in [4.78, 5) is 24.4. The van der Waals surface area contributed by atoms with Gasteiger partial charge in [-0.25, -0.2) is 0 Å². The molecule has 4 rings (SSSR count). The Hall–Kier alpha value is -0.783. The van der Waals surface area contributed by atoms with Crippen LogP contribution in [0.5, 0.6) is 0 Å². The van der Waals surface area contributed by atoms with Crippen molar-refractivity contribution in [1.82, 2.24) is 0 Å². The molecule has 2 aliphatic heterocycles. The smallest absolute Gasteiger partial charge is 0.302 e. The van der Waals surface area contributed by atoms with Crippen molar-refractivity contribution >= 4 is 43.8 Å². The number of carbonyl (C=O) groups excluding carboxylic acids is 2. The van der Waals surface area contributed by atoms with Gasteiger partial charge in [-0.15, -0.1) is 23.5 Å². The van der Waals surface area contributed by atoms with Crippen molar-refractivity contribution in [3.05, 3.63) is 23.8 Å². The van der Waals surface area contributed by atoms with Gasteiger partial charge in [0, 0.05) is 26.9 Å². The molecule has 0 amide bonds. The van der Waals surface area contributed by atoms with Crippen molar-refractivity contribution in [2.24, 2.45) is 23.2 Å². The van der Waals surface area contributed by atoms with Crippen molar-refractivity contribution in [2.45, 2.75) is 127 Å². The van der Waals surface area contributed by atoms with Gasteiger partial charge >= 0.3 is 11.9 Å². The zero-order valence-corrected chi connectivity index (χ0v) is 30.7. The first-order valence-corrected chi connectivity index (χ1v) is 22.2. The first-order valence-electron chi connectivity index (χ1n) is 16.7. The Morgan fingerprint density at radius 1 is 1.09 bits per heavy atom. The molecule has 1 saturated carbocycles. The minimum absolute atomic E-state index is 0.0594. The number of methoxy groups -OCH3 is 1. The van der Waals surface area contributed by atoms with Crippen LogP contribution in [0.15, 0.2) is 23.8 Å². The lowest BCUT2D eigenvalue weighted by atomic mass is 9.63. The van der Waals surface area contributed by atoms with Gasteiger partial charge in [0.05, 0.1) is 16.6 Å². The molecule has 10 heteroatoms. The minimum atomic E-state index is -2.16. The normalized spacial score (nSPS) is 34.1. The van der Waals surface area contributed by atoms with Crippen LogP contribution in [0.4, 0.5) is 0 Å². The summed E-state index contributed by atoms with van der Waals surface area (Å²) in [5.41, 5.74) is 0.768. The van der Waals surface area contributed by atoms with Crippen LogP contribution in [0.3, 0.4) is 0 Å². The summed E-state index contributed by atoms with van der Waals surface area (Å²) < 4.78 is 32.8. The van der Waals surface area contributed by atoms with Gasteiger partial charge in [-0.3, -0.25) is 9.59 Å². The molecule has 2 saturated heterocycles. The van der Waals surface area contributed by atoms with E-state index in [2.05, 4.69) is 44.8 Å². The van der Waals surface area contributed by atoms with E-state index in [9.17, 15) is 9.59 Å². The second-order valence-corrected chi connectivity index (χ2v) is 21.3. The van der Waals surface area contributed by atoms with E-state index in [1.807, 2.05) is 23.5 Å². The first-order chi connectivity index (χ1) is 20.9. The fraction of sp³-hybridized carbons (Fsp3) is 0.824. The molecule has 4 aliphatic rings. The van der Waals surface area contributed by atoms with Crippen molar-refractivity contribution < 1.29 is 33.0 Å². The zero-order chi connectivity index (χ0) is 32.0. The summed E-state index contributed by atoms with van der Waals surface area (Å²) in [6.45, 7) is 12.1. The number of rotatable bonds is 15. The molecule has 0 unspecified atom stereocenters. The molecule has 2 heterocycles. The van der Waals surface area contributed by atoms with E-state index in [1.54, 1.807) is 7.11 Å². The van der Waals surface area contributed by atoms with E-state index in [4.69, 9.17) is 23.4 Å². The monoisotopic (exact) mass is 668 g/mol. The lowest BCUT2D eigenvalue weighted by Gasteiger charge is -2.50. The van der Waals surface area contributed by atoms with Gasteiger partial charge in [-0.2, -0.15) is 0 Å². The van der Waals surface area contributed by atoms with Crippen LogP contribution in [-0.4, -0.2) is 68.2 Å². The van der Waals surface area contributed by atoms with Crippen LogP contribution in [0.1, 0.15) is 85.0 Å². The number of ether oxygens (including phenoxy) is 4. The predicted octanol–water partition coefficient (Wildman–Crippen LogP) is 8.10. The van der Waals surface area contributed by atoms with E-state index in [0.717, 1.165) is 37.2 Å². The number of unbranched alkanes of at least 4 members (excludes halogenated alkanes) is 3. The number of hydrogen-bond donors (Lipinski definition) is 0. The van der Waals surface area contributed by atoms with Crippen molar-refractivity contribution in [3.8, 4) is 0 Å². The Bertz CT molecular complexity index is 1040. The second-order valence-electron chi connectivity index (χ2n) is 14.0. The highest BCUT2D eigenvalue weighted by Crippen LogP contribution is 2.67. The summed E-state index contributed by atoms with van der Waals surface area (Å²) in [5.74, 6) is 1.22. The number of esters is 2. The Balaban J connectivity index is 1.83. The number of allylic oxidation sites excluding steroid dienone is 3.